The van der Waals surface area contributed by atoms with Gasteiger partial charge in [0.05, 0.1) is 6.61 Å². The highest BCUT2D eigenvalue weighted by molar-refractivity contribution is 6.00. The van der Waals surface area contributed by atoms with Gasteiger partial charge in [-0.25, -0.2) is 9.18 Å². The summed E-state index contributed by atoms with van der Waals surface area (Å²) in [6.07, 6.45) is 10.0. The second-order valence-corrected chi connectivity index (χ2v) is 12.8. The molecule has 0 unspecified atom stereocenters. The summed E-state index contributed by atoms with van der Waals surface area (Å²) in [4.78, 5) is 42.2. The Bertz CT molecular complexity index is 1270. The second kappa shape index (κ2) is 15.3. The van der Waals surface area contributed by atoms with Crippen molar-refractivity contribution in [1.82, 2.24) is 4.90 Å². The number of likely N-dealkylation sites (tertiary alicyclic amines) is 1. The van der Waals surface area contributed by atoms with Crippen molar-refractivity contribution >= 4 is 34.4 Å². The van der Waals surface area contributed by atoms with Gasteiger partial charge in [0.1, 0.15) is 18.3 Å². The first-order valence-electron chi connectivity index (χ1n) is 16.6. The fourth-order valence-corrected chi connectivity index (χ4v) is 7.59. The van der Waals surface area contributed by atoms with Crippen LogP contribution in [0.5, 0.6) is 0 Å². The molecule has 3 atom stereocenters. The highest BCUT2D eigenvalue weighted by Gasteiger charge is 2.47. The van der Waals surface area contributed by atoms with Gasteiger partial charge >= 0.3 is 5.97 Å². The Hall–Kier alpha value is -2.98. The van der Waals surface area contributed by atoms with Crippen LogP contribution in [0.15, 0.2) is 28.7 Å². The molecule has 3 fully saturated rings. The first-order chi connectivity index (χ1) is 21.4. The number of hydrogen-bond acceptors (Lipinski definition) is 7. The number of amides is 2. The van der Waals surface area contributed by atoms with Crippen molar-refractivity contribution in [2.75, 3.05) is 38.4 Å². The number of benzene rings is 1. The zero-order valence-electron chi connectivity index (χ0n) is 25.9. The van der Waals surface area contributed by atoms with Gasteiger partial charge in [0, 0.05) is 49.2 Å². The van der Waals surface area contributed by atoms with Crippen molar-refractivity contribution in [3.63, 3.8) is 0 Å². The fourth-order valence-electron chi connectivity index (χ4n) is 7.59. The van der Waals surface area contributed by atoms with E-state index in [-0.39, 0.29) is 41.9 Å². The van der Waals surface area contributed by atoms with E-state index in [1.54, 1.807) is 24.3 Å². The molecule has 2 aromatic rings. The van der Waals surface area contributed by atoms with Crippen LogP contribution in [0.25, 0.3) is 11.0 Å². The Labute approximate surface area is 259 Å². The Morgan fingerprint density at radius 3 is 2.55 bits per heavy atom. The lowest BCUT2D eigenvalue weighted by Gasteiger charge is -2.36. The summed E-state index contributed by atoms with van der Waals surface area (Å²) in [6.45, 7) is 3.34. The van der Waals surface area contributed by atoms with Crippen molar-refractivity contribution in [2.45, 2.75) is 89.6 Å². The summed E-state index contributed by atoms with van der Waals surface area (Å²) < 4.78 is 29.4. The monoisotopic (exact) mass is 613 g/mol. The minimum atomic E-state index is -0.542. The number of esters is 1. The first kappa shape index (κ1) is 32.4. The second-order valence-electron chi connectivity index (χ2n) is 12.8. The van der Waals surface area contributed by atoms with Gasteiger partial charge in [-0.2, -0.15) is 0 Å². The molecule has 1 aliphatic heterocycles. The number of furan rings is 1. The van der Waals surface area contributed by atoms with Gasteiger partial charge in [0.2, 0.25) is 17.6 Å². The number of ether oxygens (including phenoxy) is 2. The highest BCUT2D eigenvalue weighted by Crippen LogP contribution is 2.41. The zero-order chi connectivity index (χ0) is 31.1. The maximum atomic E-state index is 14.0. The van der Waals surface area contributed by atoms with Crippen molar-refractivity contribution in [2.24, 2.45) is 29.4 Å². The van der Waals surface area contributed by atoms with Crippen LogP contribution in [-0.2, 0) is 19.1 Å². The van der Waals surface area contributed by atoms with Gasteiger partial charge in [-0.15, -0.1) is 0 Å². The Kier molecular flexibility index (Phi) is 11.3. The summed E-state index contributed by atoms with van der Waals surface area (Å²) in [6, 6.07) is 5.90. The van der Waals surface area contributed by atoms with E-state index in [2.05, 4.69) is 5.32 Å². The average Bonchev–Trinajstić information content (AvgIpc) is 3.69. The minimum Gasteiger partial charge on any atom is -0.460 e. The molecule has 0 bridgehead atoms. The molecule has 44 heavy (non-hydrogen) atoms. The van der Waals surface area contributed by atoms with Crippen molar-refractivity contribution in [3.05, 3.63) is 30.0 Å². The van der Waals surface area contributed by atoms with Crippen LogP contribution in [0.1, 0.15) is 88.1 Å². The number of nitrogens with one attached hydrogen (secondary N) is 1. The molecule has 0 spiro atoms. The predicted molar refractivity (Wildman–Crippen MR) is 166 cm³/mol. The molecular weight excluding hydrogens is 565 g/mol. The lowest BCUT2D eigenvalue weighted by atomic mass is 9.76. The molecule has 9 nitrogen and oxygen atoms in total. The van der Waals surface area contributed by atoms with Gasteiger partial charge in [0.15, 0.2) is 0 Å². The lowest BCUT2D eigenvalue weighted by Crippen LogP contribution is -2.50. The summed E-state index contributed by atoms with van der Waals surface area (Å²) in [5.41, 5.74) is 7.06. The highest BCUT2D eigenvalue weighted by atomic mass is 19.1. The third kappa shape index (κ3) is 7.62. The standard InChI is InChI=1S/C34H48FN3O6/c1-2-42-17-6-18-43-34(41)30-20-25-19-26(13-14-29(25)44-30)37-32(39)31-27(22-7-4-3-5-8-22)15-16-38(31)33(40)24-11-9-23(10-12-24)28(36)21-35/h13-14,19-20,22-24,27-28,31H,2-12,15-18,21,36H2,1H3,(H,37,39)/t23?,24?,27-,28+,31-/m0/s1. The molecule has 10 heteroatoms. The topological polar surface area (TPSA) is 124 Å². The number of carbonyl (C=O) groups is 3. The summed E-state index contributed by atoms with van der Waals surface area (Å²) in [7, 11) is 0. The van der Waals surface area contributed by atoms with E-state index < -0.39 is 24.7 Å². The van der Waals surface area contributed by atoms with E-state index in [4.69, 9.17) is 19.6 Å². The van der Waals surface area contributed by atoms with Gasteiger partial charge in [-0.3, -0.25) is 9.59 Å². The van der Waals surface area contributed by atoms with Crippen LogP contribution in [0.3, 0.4) is 0 Å². The van der Waals surface area contributed by atoms with Gasteiger partial charge in [0.25, 0.3) is 0 Å². The molecule has 2 aliphatic carbocycles. The molecule has 1 aromatic carbocycles. The Morgan fingerprint density at radius 2 is 1.82 bits per heavy atom. The van der Waals surface area contributed by atoms with Crippen LogP contribution >= 0.6 is 0 Å². The van der Waals surface area contributed by atoms with Crippen molar-refractivity contribution in [3.8, 4) is 0 Å². The van der Waals surface area contributed by atoms with Crippen LogP contribution in [0, 0.1) is 23.7 Å². The van der Waals surface area contributed by atoms with Crippen molar-refractivity contribution < 1.29 is 32.7 Å². The van der Waals surface area contributed by atoms with E-state index in [0.717, 1.165) is 44.9 Å². The Morgan fingerprint density at radius 1 is 1.05 bits per heavy atom. The number of nitrogens with zero attached hydrogens (tertiary/aromatic N) is 1. The summed E-state index contributed by atoms with van der Waals surface area (Å²) in [5, 5.41) is 3.77. The SMILES string of the molecule is CCOCCCOC(=O)c1cc2cc(NC(=O)[C@@H]3[C@H](C4CCCCC4)CCN3C(=O)C3CCC([C@H](N)CF)CC3)ccc2o1. The van der Waals surface area contributed by atoms with E-state index in [1.165, 1.54) is 6.42 Å². The molecule has 3 N–H and O–H groups in total. The molecular formula is C34H48FN3O6. The van der Waals surface area contributed by atoms with Gasteiger partial charge in [-0.05, 0) is 81.0 Å². The van der Waals surface area contributed by atoms with Crippen LogP contribution in [0.4, 0.5) is 10.1 Å². The zero-order valence-corrected chi connectivity index (χ0v) is 25.9. The molecule has 0 radical (unpaired) electrons. The summed E-state index contributed by atoms with van der Waals surface area (Å²) >= 11 is 0. The van der Waals surface area contributed by atoms with Crippen LogP contribution < -0.4 is 11.1 Å². The molecule has 2 heterocycles. The number of fused-ring (bicyclic) bond motifs is 1. The summed E-state index contributed by atoms with van der Waals surface area (Å²) in [5.74, 6) is -0.0602. The Balaban J connectivity index is 1.27. The van der Waals surface area contributed by atoms with E-state index in [0.29, 0.717) is 61.6 Å². The molecule has 3 aliphatic rings. The van der Waals surface area contributed by atoms with Crippen LogP contribution in [0.2, 0.25) is 0 Å². The van der Waals surface area contributed by atoms with Crippen molar-refractivity contribution in [1.29, 1.82) is 0 Å². The number of nitrogens with two attached hydrogens (primary N) is 1. The number of anilines is 1. The van der Waals surface area contributed by atoms with Gasteiger partial charge < -0.3 is 29.8 Å². The third-order valence-electron chi connectivity index (χ3n) is 10.0. The fraction of sp³-hybridized carbons (Fsp3) is 0.676. The number of alkyl halides is 1. The maximum absolute atomic E-state index is 14.0. The van der Waals surface area contributed by atoms with E-state index in [9.17, 15) is 18.8 Å². The quantitative estimate of drug-likeness (QED) is 0.227. The lowest BCUT2D eigenvalue weighted by molar-refractivity contribution is -0.142. The number of carbonyl (C=O) groups excluding carboxylic acids is 3. The third-order valence-corrected chi connectivity index (χ3v) is 10.0. The number of rotatable bonds is 12. The molecule has 1 aromatic heterocycles. The predicted octanol–water partition coefficient (Wildman–Crippen LogP) is 5.86. The normalized spacial score (nSPS) is 25.2. The van der Waals surface area contributed by atoms with E-state index >= 15 is 0 Å². The number of halogens is 1. The molecule has 1 saturated heterocycles. The largest absolute Gasteiger partial charge is 0.460 e. The van der Waals surface area contributed by atoms with Gasteiger partial charge in [-0.1, -0.05) is 32.1 Å². The first-order valence-corrected chi connectivity index (χ1v) is 16.6. The average molecular weight is 614 g/mol. The minimum absolute atomic E-state index is 0.0467. The molecule has 2 saturated carbocycles. The van der Waals surface area contributed by atoms with Crippen LogP contribution in [-0.4, -0.2) is 67.8 Å². The number of hydrogen-bond donors (Lipinski definition) is 2. The maximum Gasteiger partial charge on any atom is 0.374 e. The molecule has 242 valence electrons. The molecule has 5 rings (SSSR count). The molecule has 2 amide bonds. The smallest absolute Gasteiger partial charge is 0.374 e. The van der Waals surface area contributed by atoms with E-state index in [1.807, 2.05) is 11.8 Å².